The summed E-state index contributed by atoms with van der Waals surface area (Å²) in [6, 6.07) is 6.61. The maximum Gasteiger partial charge on any atom is 0.262 e. The molecule has 0 aliphatic carbocycles. The van der Waals surface area contributed by atoms with Crippen molar-refractivity contribution in [2.24, 2.45) is 0 Å². The third kappa shape index (κ3) is 4.38. The highest BCUT2D eigenvalue weighted by Crippen LogP contribution is 2.36. The van der Waals surface area contributed by atoms with Gasteiger partial charge in [-0.1, -0.05) is 29.3 Å². The molecule has 9 nitrogen and oxygen atoms in total. The van der Waals surface area contributed by atoms with E-state index < -0.39 is 23.8 Å². The molecular weight excluding hydrogens is 526 g/mol. The van der Waals surface area contributed by atoms with E-state index in [1.807, 2.05) is 18.2 Å². The molecule has 0 spiro atoms. The molecule has 0 radical (unpaired) electrons. The van der Waals surface area contributed by atoms with Crippen LogP contribution < -0.4 is 15.1 Å². The Morgan fingerprint density at radius 3 is 2.47 bits per heavy atom. The van der Waals surface area contributed by atoms with E-state index in [9.17, 15) is 19.2 Å². The van der Waals surface area contributed by atoms with Gasteiger partial charge in [-0.05, 0) is 49.1 Å². The van der Waals surface area contributed by atoms with E-state index in [0.717, 1.165) is 65.5 Å². The summed E-state index contributed by atoms with van der Waals surface area (Å²) in [5, 5.41) is 2.26. The molecule has 2 saturated heterocycles. The number of piperidine rings is 1. The highest BCUT2D eigenvalue weighted by molar-refractivity contribution is 9.10. The van der Waals surface area contributed by atoms with Gasteiger partial charge >= 0.3 is 0 Å². The molecule has 1 atom stereocenters. The van der Waals surface area contributed by atoms with Gasteiger partial charge in [-0.25, -0.2) is 4.98 Å². The molecule has 10 heteroatoms. The first-order valence-electron chi connectivity index (χ1n) is 12.4. The van der Waals surface area contributed by atoms with Crippen molar-refractivity contribution in [1.82, 2.24) is 15.2 Å². The van der Waals surface area contributed by atoms with Gasteiger partial charge < -0.3 is 9.80 Å². The lowest BCUT2D eigenvalue weighted by Gasteiger charge is -2.38. The fraction of sp³-hybridized carbons (Fsp3) is 0.423. The average Bonchev–Trinajstić information content (AvgIpc) is 3.12. The summed E-state index contributed by atoms with van der Waals surface area (Å²) in [6.07, 6.45) is 4.54. The van der Waals surface area contributed by atoms with Gasteiger partial charge in [0.1, 0.15) is 11.9 Å². The van der Waals surface area contributed by atoms with Crippen LogP contribution in [0.15, 0.2) is 34.9 Å². The van der Waals surface area contributed by atoms with Gasteiger partial charge in [0.25, 0.3) is 11.8 Å². The summed E-state index contributed by atoms with van der Waals surface area (Å²) < 4.78 is 0.985. The number of piperazine rings is 1. The SMILES string of the molecule is CCCCc1c(N2CCN(c3cc(Br)ccn3)CC2)ccc2c1C(=O)N(C1CCC(=O)NC1=O)C2=O. The third-order valence-corrected chi connectivity index (χ3v) is 7.62. The monoisotopic (exact) mass is 553 g/mol. The number of hydrogen-bond donors (Lipinski definition) is 1. The zero-order chi connectivity index (χ0) is 25.4. The van der Waals surface area contributed by atoms with Crippen LogP contribution in [0.1, 0.15) is 58.9 Å². The summed E-state index contributed by atoms with van der Waals surface area (Å²) in [5.74, 6) is -0.942. The van der Waals surface area contributed by atoms with Gasteiger partial charge in [0.05, 0.1) is 11.1 Å². The van der Waals surface area contributed by atoms with Gasteiger partial charge in [-0.3, -0.25) is 29.4 Å². The quantitative estimate of drug-likeness (QED) is 0.548. The average molecular weight is 554 g/mol. The van der Waals surface area contributed by atoms with Crippen molar-refractivity contribution < 1.29 is 19.2 Å². The number of benzene rings is 1. The van der Waals surface area contributed by atoms with E-state index >= 15 is 0 Å². The van der Waals surface area contributed by atoms with Crippen molar-refractivity contribution in [3.63, 3.8) is 0 Å². The highest BCUT2D eigenvalue weighted by Gasteiger charge is 2.46. The normalized spacial score (nSPS) is 20.2. The molecule has 5 rings (SSSR count). The molecule has 1 unspecified atom stereocenters. The predicted octanol–water partition coefficient (Wildman–Crippen LogP) is 2.91. The van der Waals surface area contributed by atoms with Crippen LogP contribution in [-0.4, -0.2) is 65.7 Å². The summed E-state index contributed by atoms with van der Waals surface area (Å²) >= 11 is 3.51. The Kier molecular flexibility index (Phi) is 6.79. The van der Waals surface area contributed by atoms with E-state index in [-0.39, 0.29) is 18.7 Å². The van der Waals surface area contributed by atoms with Crippen LogP contribution in [0.5, 0.6) is 0 Å². The van der Waals surface area contributed by atoms with E-state index in [2.05, 4.69) is 43.0 Å². The molecule has 0 bridgehead atoms. The number of unbranched alkanes of at least 4 members (excludes halogenated alkanes) is 1. The zero-order valence-electron chi connectivity index (χ0n) is 20.1. The second-order valence-electron chi connectivity index (χ2n) is 9.34. The molecule has 188 valence electrons. The minimum Gasteiger partial charge on any atom is -0.368 e. The number of halogens is 1. The fourth-order valence-electron chi connectivity index (χ4n) is 5.26. The minimum atomic E-state index is -0.959. The number of aromatic nitrogens is 1. The smallest absolute Gasteiger partial charge is 0.262 e. The van der Waals surface area contributed by atoms with Crippen molar-refractivity contribution in [3.8, 4) is 0 Å². The Morgan fingerprint density at radius 1 is 1.03 bits per heavy atom. The van der Waals surface area contributed by atoms with Crippen molar-refractivity contribution in [1.29, 1.82) is 0 Å². The lowest BCUT2D eigenvalue weighted by Crippen LogP contribution is -2.54. The van der Waals surface area contributed by atoms with E-state index in [1.54, 1.807) is 12.3 Å². The first-order valence-corrected chi connectivity index (χ1v) is 13.2. The van der Waals surface area contributed by atoms with Crippen LogP contribution in [0, 0.1) is 0 Å². The number of rotatable bonds is 6. The molecular formula is C26H28BrN5O4. The van der Waals surface area contributed by atoms with Gasteiger partial charge in [0.15, 0.2) is 0 Å². The Bertz CT molecular complexity index is 1240. The first-order chi connectivity index (χ1) is 17.4. The summed E-state index contributed by atoms with van der Waals surface area (Å²) in [4.78, 5) is 61.0. The van der Waals surface area contributed by atoms with Gasteiger partial charge in [0.2, 0.25) is 11.8 Å². The van der Waals surface area contributed by atoms with Gasteiger partial charge in [-0.15, -0.1) is 0 Å². The molecule has 3 aliphatic heterocycles. The number of imide groups is 2. The maximum atomic E-state index is 13.6. The number of pyridine rings is 1. The van der Waals surface area contributed by atoms with Crippen LogP contribution in [-0.2, 0) is 16.0 Å². The first kappa shape index (κ1) is 24.4. The topological polar surface area (TPSA) is 103 Å². The molecule has 1 aromatic heterocycles. The second kappa shape index (κ2) is 10.0. The Balaban J connectivity index is 1.43. The highest BCUT2D eigenvalue weighted by atomic mass is 79.9. The molecule has 3 aliphatic rings. The maximum absolute atomic E-state index is 13.6. The van der Waals surface area contributed by atoms with E-state index in [1.165, 1.54) is 0 Å². The third-order valence-electron chi connectivity index (χ3n) is 7.12. The number of carbonyl (C=O) groups excluding carboxylic acids is 4. The number of nitrogens with zero attached hydrogens (tertiary/aromatic N) is 4. The Hall–Kier alpha value is -3.27. The number of carbonyl (C=O) groups is 4. The molecule has 0 saturated carbocycles. The Morgan fingerprint density at radius 2 is 1.78 bits per heavy atom. The molecule has 4 amide bonds. The summed E-state index contributed by atoms with van der Waals surface area (Å²) in [6.45, 7) is 5.16. The minimum absolute atomic E-state index is 0.106. The fourth-order valence-corrected chi connectivity index (χ4v) is 5.58. The zero-order valence-corrected chi connectivity index (χ0v) is 21.7. The largest absolute Gasteiger partial charge is 0.368 e. The Labute approximate surface area is 218 Å². The van der Waals surface area contributed by atoms with Crippen LogP contribution in [0.3, 0.4) is 0 Å². The second-order valence-corrected chi connectivity index (χ2v) is 10.3. The van der Waals surface area contributed by atoms with Crippen LogP contribution >= 0.6 is 15.9 Å². The number of nitrogens with one attached hydrogen (secondary N) is 1. The number of amides is 4. The number of fused-ring (bicyclic) bond motifs is 1. The molecule has 1 N–H and O–H groups in total. The van der Waals surface area contributed by atoms with Gasteiger partial charge in [0, 0.05) is 49.0 Å². The molecule has 2 aromatic rings. The lowest BCUT2D eigenvalue weighted by atomic mass is 9.95. The predicted molar refractivity (Wildman–Crippen MR) is 138 cm³/mol. The van der Waals surface area contributed by atoms with E-state index in [0.29, 0.717) is 17.5 Å². The summed E-state index contributed by atoms with van der Waals surface area (Å²) in [7, 11) is 0. The standard InChI is InChI=1S/C26H28BrN5O4/c1-2-3-4-17-19(30-11-13-31(14-12-30)21-15-16(27)9-10-28-21)6-5-18-23(17)26(36)32(25(18)35)20-7-8-22(33)29-24(20)34/h5-6,9-10,15,20H,2-4,7-8,11-14H2,1H3,(H,29,33,34). The molecule has 36 heavy (non-hydrogen) atoms. The molecule has 1 aromatic carbocycles. The molecule has 4 heterocycles. The van der Waals surface area contributed by atoms with Crippen molar-refractivity contribution >= 4 is 51.1 Å². The van der Waals surface area contributed by atoms with Crippen molar-refractivity contribution in [3.05, 3.63) is 51.6 Å². The molecule has 2 fully saturated rings. The van der Waals surface area contributed by atoms with E-state index in [4.69, 9.17) is 0 Å². The van der Waals surface area contributed by atoms with Crippen LogP contribution in [0.4, 0.5) is 11.5 Å². The van der Waals surface area contributed by atoms with Crippen LogP contribution in [0.2, 0.25) is 0 Å². The lowest BCUT2D eigenvalue weighted by molar-refractivity contribution is -0.136. The number of hydrogen-bond acceptors (Lipinski definition) is 7. The van der Waals surface area contributed by atoms with Gasteiger partial charge in [-0.2, -0.15) is 0 Å². The van der Waals surface area contributed by atoms with Crippen LogP contribution in [0.25, 0.3) is 0 Å². The number of anilines is 2. The summed E-state index contributed by atoms with van der Waals surface area (Å²) in [5.41, 5.74) is 2.59. The van der Waals surface area contributed by atoms with Crippen molar-refractivity contribution in [2.45, 2.75) is 45.1 Å². The van der Waals surface area contributed by atoms with Crippen molar-refractivity contribution in [2.75, 3.05) is 36.0 Å².